The van der Waals surface area contributed by atoms with Crippen molar-refractivity contribution in [2.45, 2.75) is 13.8 Å². The zero-order valence-corrected chi connectivity index (χ0v) is 18.2. The van der Waals surface area contributed by atoms with Gasteiger partial charge in [-0.15, -0.1) is 0 Å². The molecule has 2 N–H and O–H groups in total. The number of imide groups is 1. The topological polar surface area (TPSA) is 121 Å². The number of nitrogens with zero attached hydrogens (tertiary/aromatic N) is 2. The lowest BCUT2D eigenvalue weighted by Gasteiger charge is -2.13. The van der Waals surface area contributed by atoms with Crippen LogP contribution in [-0.2, 0) is 9.53 Å². The van der Waals surface area contributed by atoms with E-state index in [1.807, 2.05) is 13.8 Å². The van der Waals surface area contributed by atoms with Gasteiger partial charge < -0.3 is 19.5 Å². The van der Waals surface area contributed by atoms with Gasteiger partial charge in [0.1, 0.15) is 0 Å². The van der Waals surface area contributed by atoms with Crippen molar-refractivity contribution in [3.63, 3.8) is 0 Å². The predicted octanol–water partition coefficient (Wildman–Crippen LogP) is 3.17. The van der Waals surface area contributed by atoms with Gasteiger partial charge >= 0.3 is 12.0 Å². The van der Waals surface area contributed by atoms with Gasteiger partial charge in [-0.2, -0.15) is 5.10 Å². The molecule has 0 radical (unpaired) electrons. The number of benzene rings is 2. The number of hydrogen-bond acceptors (Lipinski definition) is 7. The highest BCUT2D eigenvalue weighted by Crippen LogP contribution is 2.30. The second-order valence-corrected chi connectivity index (χ2v) is 6.60. The van der Waals surface area contributed by atoms with Gasteiger partial charge in [0.25, 0.3) is 5.91 Å². The molecular weight excluding hydrogens is 428 g/mol. The van der Waals surface area contributed by atoms with Crippen molar-refractivity contribution in [1.82, 2.24) is 15.1 Å². The number of urea groups is 1. The maximum absolute atomic E-state index is 12.2. The maximum atomic E-state index is 12.2. The van der Waals surface area contributed by atoms with Crippen molar-refractivity contribution in [1.29, 1.82) is 0 Å². The van der Waals surface area contributed by atoms with Crippen molar-refractivity contribution >= 4 is 23.6 Å². The molecule has 3 amide bonds. The summed E-state index contributed by atoms with van der Waals surface area (Å²) in [6.45, 7) is 3.96. The monoisotopic (exact) mass is 452 g/mol. The Balaban J connectivity index is 1.48. The Morgan fingerprint density at radius 2 is 1.70 bits per heavy atom. The fourth-order valence-corrected chi connectivity index (χ4v) is 2.84. The molecule has 0 atom stereocenters. The zero-order valence-electron chi connectivity index (χ0n) is 18.2. The average Bonchev–Trinajstić information content (AvgIpc) is 3.34. The van der Waals surface area contributed by atoms with Crippen LogP contribution >= 0.6 is 0 Å². The van der Waals surface area contributed by atoms with E-state index >= 15 is 0 Å². The highest BCUT2D eigenvalue weighted by atomic mass is 16.5. The summed E-state index contributed by atoms with van der Waals surface area (Å²) in [4.78, 5) is 36.3. The first-order valence-electron chi connectivity index (χ1n) is 10.3. The lowest BCUT2D eigenvalue weighted by molar-refractivity contribution is -0.123. The van der Waals surface area contributed by atoms with Crippen molar-refractivity contribution in [3.05, 3.63) is 66.5 Å². The molecule has 0 spiro atoms. The van der Waals surface area contributed by atoms with Crippen LogP contribution in [0.25, 0.3) is 5.69 Å². The number of carbonyl (C=O) groups excluding carboxylic acids is 3. The molecule has 0 fully saturated rings. The Hall–Kier alpha value is -4.34. The molecule has 10 heteroatoms. The van der Waals surface area contributed by atoms with E-state index in [-0.39, 0.29) is 5.56 Å². The largest absolute Gasteiger partial charge is 0.490 e. The van der Waals surface area contributed by atoms with Crippen LogP contribution in [0.15, 0.2) is 60.9 Å². The summed E-state index contributed by atoms with van der Waals surface area (Å²) in [5.74, 6) is -0.447. The van der Waals surface area contributed by atoms with Gasteiger partial charge in [0.05, 0.1) is 24.5 Å². The van der Waals surface area contributed by atoms with Crippen LogP contribution in [0.4, 0.5) is 10.5 Å². The smallest absolute Gasteiger partial charge is 0.338 e. The number of hydrogen-bond donors (Lipinski definition) is 2. The third-order valence-electron chi connectivity index (χ3n) is 4.26. The molecule has 0 aliphatic heterocycles. The highest BCUT2D eigenvalue weighted by Gasteiger charge is 2.14. The predicted molar refractivity (Wildman–Crippen MR) is 120 cm³/mol. The van der Waals surface area contributed by atoms with Gasteiger partial charge in [-0.1, -0.05) is 0 Å². The van der Waals surface area contributed by atoms with E-state index in [9.17, 15) is 14.4 Å². The molecular formula is C23H24N4O6. The second kappa shape index (κ2) is 11.3. The Labute approximate surface area is 190 Å². The number of carbonyl (C=O) groups is 3. The maximum Gasteiger partial charge on any atom is 0.338 e. The fraction of sp³-hybridized carbons (Fsp3) is 0.217. The third kappa shape index (κ3) is 6.57. The van der Waals surface area contributed by atoms with E-state index in [0.717, 1.165) is 5.69 Å². The van der Waals surface area contributed by atoms with Crippen molar-refractivity contribution in [3.8, 4) is 17.2 Å². The molecule has 0 saturated carbocycles. The summed E-state index contributed by atoms with van der Waals surface area (Å²) in [7, 11) is 0. The van der Waals surface area contributed by atoms with Crippen molar-refractivity contribution < 1.29 is 28.6 Å². The minimum absolute atomic E-state index is 0.265. The van der Waals surface area contributed by atoms with E-state index in [4.69, 9.17) is 14.2 Å². The van der Waals surface area contributed by atoms with Crippen LogP contribution in [0.5, 0.6) is 11.5 Å². The molecule has 33 heavy (non-hydrogen) atoms. The van der Waals surface area contributed by atoms with Gasteiger partial charge in [0, 0.05) is 24.1 Å². The lowest BCUT2D eigenvalue weighted by atomic mass is 10.2. The first-order chi connectivity index (χ1) is 16.0. The van der Waals surface area contributed by atoms with Gasteiger partial charge in [-0.3, -0.25) is 10.1 Å². The van der Waals surface area contributed by atoms with Gasteiger partial charge in [0.2, 0.25) is 0 Å². The summed E-state index contributed by atoms with van der Waals surface area (Å²) < 4.78 is 17.6. The Morgan fingerprint density at radius 3 is 2.36 bits per heavy atom. The molecule has 0 unspecified atom stereocenters. The van der Waals surface area contributed by atoms with Gasteiger partial charge in [-0.25, -0.2) is 14.3 Å². The summed E-state index contributed by atoms with van der Waals surface area (Å²) in [6, 6.07) is 12.4. The molecule has 2 aromatic carbocycles. The number of rotatable bonds is 9. The van der Waals surface area contributed by atoms with Crippen LogP contribution in [0.3, 0.4) is 0 Å². The molecule has 1 aromatic heterocycles. The minimum atomic E-state index is -0.773. The average molecular weight is 452 g/mol. The number of aromatic nitrogens is 2. The van der Waals surface area contributed by atoms with Crippen LogP contribution in [0, 0.1) is 0 Å². The summed E-state index contributed by atoms with van der Waals surface area (Å²) in [5.41, 5.74) is 1.44. The number of esters is 1. The molecule has 1 heterocycles. The molecule has 0 bridgehead atoms. The van der Waals surface area contributed by atoms with Crippen LogP contribution in [0.1, 0.15) is 24.2 Å². The Kier molecular flexibility index (Phi) is 8.01. The first-order valence-corrected chi connectivity index (χ1v) is 10.3. The lowest BCUT2D eigenvalue weighted by Crippen LogP contribution is -2.37. The quantitative estimate of drug-likeness (QED) is 0.478. The SMILES string of the molecule is CCOc1ccc(NC(=O)NC(=O)COC(=O)c2ccc(-n3cccn3)cc2)cc1OCC. The van der Waals surface area contributed by atoms with E-state index in [1.54, 1.807) is 65.6 Å². The number of ether oxygens (including phenoxy) is 3. The van der Waals surface area contributed by atoms with Crippen molar-refractivity contribution in [2.24, 2.45) is 0 Å². The summed E-state index contributed by atoms with van der Waals surface area (Å²) >= 11 is 0. The number of anilines is 1. The first kappa shape index (κ1) is 23.3. The van der Waals surface area contributed by atoms with Crippen LogP contribution in [0.2, 0.25) is 0 Å². The van der Waals surface area contributed by atoms with Gasteiger partial charge in [0.15, 0.2) is 18.1 Å². The Morgan fingerprint density at radius 1 is 0.970 bits per heavy atom. The van der Waals surface area contributed by atoms with Crippen molar-refractivity contribution in [2.75, 3.05) is 25.1 Å². The molecule has 3 aromatic rings. The normalized spacial score (nSPS) is 10.2. The molecule has 172 valence electrons. The number of amides is 3. The minimum Gasteiger partial charge on any atom is -0.490 e. The van der Waals surface area contributed by atoms with E-state index < -0.39 is 24.5 Å². The van der Waals surface area contributed by atoms with Crippen LogP contribution < -0.4 is 20.1 Å². The van der Waals surface area contributed by atoms with Crippen LogP contribution in [-0.4, -0.2) is 47.5 Å². The zero-order chi connectivity index (χ0) is 23.6. The molecule has 0 saturated heterocycles. The summed E-state index contributed by atoms with van der Waals surface area (Å²) in [5, 5.41) is 8.73. The highest BCUT2D eigenvalue weighted by molar-refractivity contribution is 6.02. The summed E-state index contributed by atoms with van der Waals surface area (Å²) in [6.07, 6.45) is 3.42. The fourth-order valence-electron chi connectivity index (χ4n) is 2.84. The van der Waals surface area contributed by atoms with Gasteiger partial charge in [-0.05, 0) is 56.3 Å². The Bertz CT molecular complexity index is 1100. The third-order valence-corrected chi connectivity index (χ3v) is 4.26. The standard InChI is InChI=1S/C23H24N4O6/c1-3-31-19-11-8-17(14-20(19)32-4-2)25-23(30)26-21(28)15-33-22(29)16-6-9-18(10-7-16)27-13-5-12-24-27/h5-14H,3-4,15H2,1-2H3,(H2,25,26,28,30). The molecule has 10 nitrogen and oxygen atoms in total. The number of nitrogens with one attached hydrogen (secondary N) is 2. The van der Waals surface area contributed by atoms with E-state index in [1.165, 1.54) is 0 Å². The molecule has 3 rings (SSSR count). The molecule has 0 aliphatic rings. The van der Waals surface area contributed by atoms with E-state index in [2.05, 4.69) is 15.7 Å². The molecule has 0 aliphatic carbocycles. The van der Waals surface area contributed by atoms with E-state index in [0.29, 0.717) is 30.4 Å². The second-order valence-electron chi connectivity index (χ2n) is 6.60.